The second-order valence-corrected chi connectivity index (χ2v) is 6.75. The molecule has 0 amide bonds. The van der Waals surface area contributed by atoms with Crippen LogP contribution < -0.4 is 5.32 Å². The van der Waals surface area contributed by atoms with Gasteiger partial charge < -0.3 is 10.1 Å². The van der Waals surface area contributed by atoms with Crippen LogP contribution in [0.4, 0.5) is 10.2 Å². The molecule has 5 nitrogen and oxygen atoms in total. The molecule has 0 radical (unpaired) electrons. The van der Waals surface area contributed by atoms with Crippen LogP contribution in [0.1, 0.15) is 17.3 Å². The van der Waals surface area contributed by atoms with E-state index in [2.05, 4.69) is 15.2 Å². The van der Waals surface area contributed by atoms with Gasteiger partial charge in [-0.3, -0.25) is 4.90 Å². The van der Waals surface area contributed by atoms with Crippen molar-refractivity contribution in [2.75, 3.05) is 38.2 Å². The van der Waals surface area contributed by atoms with Crippen molar-refractivity contribution in [1.29, 1.82) is 0 Å². The number of anilines is 1. The van der Waals surface area contributed by atoms with Gasteiger partial charge in [0.2, 0.25) is 0 Å². The molecule has 1 N–H and O–H groups in total. The van der Waals surface area contributed by atoms with Crippen LogP contribution in [-0.2, 0) is 4.74 Å². The Bertz CT molecular complexity index is 927. The second kappa shape index (κ2) is 7.98. The number of ether oxygens (including phenoxy) is 1. The lowest BCUT2D eigenvalue weighted by Crippen LogP contribution is -2.41. The molecule has 6 heteroatoms. The lowest BCUT2D eigenvalue weighted by atomic mass is 10.0. The molecule has 0 saturated carbocycles. The van der Waals surface area contributed by atoms with Gasteiger partial charge in [-0.2, -0.15) is 0 Å². The maximum atomic E-state index is 13.8. The van der Waals surface area contributed by atoms with E-state index >= 15 is 0 Å². The topological polar surface area (TPSA) is 50.3 Å². The summed E-state index contributed by atoms with van der Waals surface area (Å²) in [5.41, 5.74) is 3.55. The minimum absolute atomic E-state index is 0.0391. The Morgan fingerprint density at radius 3 is 2.56 bits per heavy atom. The largest absolute Gasteiger partial charge is 0.379 e. The van der Waals surface area contributed by atoms with Crippen LogP contribution in [0.2, 0.25) is 0 Å². The first kappa shape index (κ1) is 17.8. The van der Waals surface area contributed by atoms with Crippen LogP contribution >= 0.6 is 0 Å². The van der Waals surface area contributed by atoms with Gasteiger partial charge in [-0.15, -0.1) is 0 Å². The van der Waals surface area contributed by atoms with E-state index in [9.17, 15) is 4.39 Å². The molecule has 3 aromatic rings. The molecule has 1 atom stereocenters. The molecule has 1 saturated heterocycles. The van der Waals surface area contributed by atoms with Crippen LogP contribution in [0.3, 0.4) is 0 Å². The Kier molecular flexibility index (Phi) is 5.27. The van der Waals surface area contributed by atoms with Crippen molar-refractivity contribution in [3.8, 4) is 0 Å². The van der Waals surface area contributed by atoms with E-state index < -0.39 is 0 Å². The zero-order valence-corrected chi connectivity index (χ0v) is 15.4. The third-order valence-electron chi connectivity index (χ3n) is 4.93. The molecule has 2 heterocycles. The number of fused-ring (bicyclic) bond motifs is 1. The fourth-order valence-corrected chi connectivity index (χ4v) is 3.51. The quantitative estimate of drug-likeness (QED) is 0.748. The Morgan fingerprint density at radius 1 is 1.07 bits per heavy atom. The Balaban J connectivity index is 1.59. The first-order chi connectivity index (χ1) is 13.2. The first-order valence-corrected chi connectivity index (χ1v) is 9.25. The van der Waals surface area contributed by atoms with Gasteiger partial charge in [0.15, 0.2) is 0 Å². The van der Waals surface area contributed by atoms with Gasteiger partial charge in [-0.1, -0.05) is 24.3 Å². The molecule has 1 aromatic heterocycles. The highest BCUT2D eigenvalue weighted by Gasteiger charge is 2.23. The zero-order valence-electron chi connectivity index (χ0n) is 15.4. The number of hydrogen-bond acceptors (Lipinski definition) is 5. The fraction of sp³-hybridized carbons (Fsp3) is 0.333. The Labute approximate surface area is 158 Å². The highest BCUT2D eigenvalue weighted by molar-refractivity contribution is 5.76. The molecule has 0 bridgehead atoms. The summed E-state index contributed by atoms with van der Waals surface area (Å²) < 4.78 is 19.3. The summed E-state index contributed by atoms with van der Waals surface area (Å²) in [6.07, 6.45) is 0. The summed E-state index contributed by atoms with van der Waals surface area (Å²) in [6.45, 7) is 5.61. The summed E-state index contributed by atoms with van der Waals surface area (Å²) in [4.78, 5) is 11.7. The number of rotatable bonds is 5. The molecule has 4 rings (SSSR count). The van der Waals surface area contributed by atoms with Crippen LogP contribution in [0, 0.1) is 12.7 Å². The third kappa shape index (κ3) is 4.07. The molecule has 1 aliphatic heterocycles. The van der Waals surface area contributed by atoms with E-state index in [1.54, 1.807) is 12.1 Å². The molecular formula is C21H23FN4O. The summed E-state index contributed by atoms with van der Waals surface area (Å²) in [7, 11) is 0. The minimum Gasteiger partial charge on any atom is -0.379 e. The van der Waals surface area contributed by atoms with Gasteiger partial charge >= 0.3 is 0 Å². The predicted molar refractivity (Wildman–Crippen MR) is 104 cm³/mol. The average Bonchev–Trinajstić information content (AvgIpc) is 2.69. The number of nitrogens with zero attached hydrogens (tertiary/aromatic N) is 3. The highest BCUT2D eigenvalue weighted by atomic mass is 19.1. The van der Waals surface area contributed by atoms with Gasteiger partial charge in [0.05, 0.1) is 36.0 Å². The number of halogens is 1. The van der Waals surface area contributed by atoms with Gasteiger partial charge in [0.25, 0.3) is 0 Å². The summed E-state index contributed by atoms with van der Waals surface area (Å²) in [6, 6.07) is 14.7. The maximum Gasteiger partial charge on any atom is 0.148 e. The van der Waals surface area contributed by atoms with Crippen LogP contribution in [0.5, 0.6) is 0 Å². The molecule has 0 unspecified atom stereocenters. The van der Waals surface area contributed by atoms with Gasteiger partial charge in [0.1, 0.15) is 11.6 Å². The van der Waals surface area contributed by atoms with Gasteiger partial charge in [0, 0.05) is 19.6 Å². The van der Waals surface area contributed by atoms with E-state index in [-0.39, 0.29) is 11.9 Å². The summed E-state index contributed by atoms with van der Waals surface area (Å²) in [5, 5.41) is 3.44. The SMILES string of the molecule is Cc1nc2ccccc2nc1NC[C@@H](c1cccc(F)c1)N1CCOCC1. The number of aryl methyl sites for hydroxylation is 1. The van der Waals surface area contributed by atoms with E-state index in [0.717, 1.165) is 41.2 Å². The number of hydrogen-bond donors (Lipinski definition) is 1. The van der Waals surface area contributed by atoms with Crippen molar-refractivity contribution in [2.45, 2.75) is 13.0 Å². The lowest BCUT2D eigenvalue weighted by molar-refractivity contribution is 0.0186. The van der Waals surface area contributed by atoms with E-state index in [0.29, 0.717) is 19.8 Å². The van der Waals surface area contributed by atoms with Gasteiger partial charge in [-0.05, 0) is 36.8 Å². The predicted octanol–water partition coefficient (Wildman–Crippen LogP) is 3.56. The highest BCUT2D eigenvalue weighted by Crippen LogP contribution is 2.24. The van der Waals surface area contributed by atoms with E-state index in [1.165, 1.54) is 6.07 Å². The maximum absolute atomic E-state index is 13.8. The third-order valence-corrected chi connectivity index (χ3v) is 4.93. The second-order valence-electron chi connectivity index (χ2n) is 6.75. The minimum atomic E-state index is -0.215. The van der Waals surface area contributed by atoms with E-state index in [1.807, 2.05) is 37.3 Å². The monoisotopic (exact) mass is 366 g/mol. The molecule has 2 aromatic carbocycles. The van der Waals surface area contributed by atoms with Crippen LogP contribution in [-0.4, -0.2) is 47.7 Å². The van der Waals surface area contributed by atoms with Crippen molar-refractivity contribution in [2.24, 2.45) is 0 Å². The number of aromatic nitrogens is 2. The number of morpholine rings is 1. The molecule has 140 valence electrons. The zero-order chi connectivity index (χ0) is 18.6. The van der Waals surface area contributed by atoms with Crippen LogP contribution in [0.25, 0.3) is 11.0 Å². The van der Waals surface area contributed by atoms with Crippen molar-refractivity contribution >= 4 is 16.9 Å². The van der Waals surface area contributed by atoms with Gasteiger partial charge in [-0.25, -0.2) is 14.4 Å². The molecule has 0 spiro atoms. The number of benzene rings is 2. The summed E-state index contributed by atoms with van der Waals surface area (Å²) in [5.74, 6) is 0.552. The van der Waals surface area contributed by atoms with Crippen molar-refractivity contribution < 1.29 is 9.13 Å². The lowest BCUT2D eigenvalue weighted by Gasteiger charge is -2.35. The molecular weight excluding hydrogens is 343 g/mol. The number of nitrogens with one attached hydrogen (secondary N) is 1. The van der Waals surface area contributed by atoms with Crippen molar-refractivity contribution in [3.63, 3.8) is 0 Å². The van der Waals surface area contributed by atoms with Crippen molar-refractivity contribution in [3.05, 3.63) is 65.6 Å². The van der Waals surface area contributed by atoms with Crippen molar-refractivity contribution in [1.82, 2.24) is 14.9 Å². The Morgan fingerprint density at radius 2 is 1.81 bits per heavy atom. The standard InChI is InChI=1S/C21H23FN4O/c1-15-21(25-19-8-3-2-7-18(19)24-15)23-14-20(26-9-11-27-12-10-26)16-5-4-6-17(22)13-16/h2-8,13,20H,9-12,14H2,1H3,(H,23,25)/t20-/m0/s1. The first-order valence-electron chi connectivity index (χ1n) is 9.25. The van der Waals surface area contributed by atoms with Crippen LogP contribution in [0.15, 0.2) is 48.5 Å². The number of para-hydroxylation sites is 2. The smallest absolute Gasteiger partial charge is 0.148 e. The molecule has 1 aliphatic rings. The Hall–Kier alpha value is -2.57. The molecule has 27 heavy (non-hydrogen) atoms. The fourth-order valence-electron chi connectivity index (χ4n) is 3.51. The molecule has 1 fully saturated rings. The molecule has 0 aliphatic carbocycles. The normalized spacial score (nSPS) is 16.4. The van der Waals surface area contributed by atoms with E-state index in [4.69, 9.17) is 9.72 Å². The summed E-state index contributed by atoms with van der Waals surface area (Å²) >= 11 is 0. The average molecular weight is 366 g/mol.